The van der Waals surface area contributed by atoms with E-state index in [0.717, 1.165) is 39.0 Å². The molecule has 0 unspecified atom stereocenters. The maximum atomic E-state index is 5.30. The van der Waals surface area contributed by atoms with Crippen molar-refractivity contribution in [2.45, 2.75) is 25.3 Å². The van der Waals surface area contributed by atoms with E-state index in [0.29, 0.717) is 6.04 Å². The standard InChI is InChI=1S/C10H16N2OS/c1(10-12-5-8-14-10)4-11-9-2-6-13-7-3-9/h5,8-9,11H,1-4,6-7H2. The van der Waals surface area contributed by atoms with Crippen LogP contribution in [-0.4, -0.2) is 30.8 Å². The van der Waals surface area contributed by atoms with E-state index in [9.17, 15) is 0 Å². The van der Waals surface area contributed by atoms with Gasteiger partial charge in [0.1, 0.15) is 0 Å². The number of rotatable bonds is 4. The predicted molar refractivity (Wildman–Crippen MR) is 57.7 cm³/mol. The van der Waals surface area contributed by atoms with Crippen LogP contribution in [-0.2, 0) is 11.2 Å². The van der Waals surface area contributed by atoms with Crippen LogP contribution in [0.15, 0.2) is 11.6 Å². The fraction of sp³-hybridized carbons (Fsp3) is 0.700. The van der Waals surface area contributed by atoms with E-state index in [1.807, 2.05) is 11.6 Å². The number of hydrogen-bond donors (Lipinski definition) is 1. The predicted octanol–water partition coefficient (Wildman–Crippen LogP) is 1.45. The molecule has 0 saturated carbocycles. The molecule has 2 heterocycles. The average Bonchev–Trinajstić information content (AvgIpc) is 2.72. The number of hydrogen-bond acceptors (Lipinski definition) is 4. The second-order valence-electron chi connectivity index (χ2n) is 3.52. The van der Waals surface area contributed by atoms with Gasteiger partial charge in [0.15, 0.2) is 0 Å². The Labute approximate surface area is 88.5 Å². The normalized spacial score (nSPS) is 18.6. The SMILES string of the molecule is c1csc(CCNC2CCOCC2)n1. The largest absolute Gasteiger partial charge is 0.381 e. The van der Waals surface area contributed by atoms with Crippen LogP contribution in [0.2, 0.25) is 0 Å². The molecule has 0 aliphatic carbocycles. The summed E-state index contributed by atoms with van der Waals surface area (Å²) in [6.07, 6.45) is 5.22. The number of ether oxygens (including phenoxy) is 1. The van der Waals surface area contributed by atoms with Crippen molar-refractivity contribution in [1.82, 2.24) is 10.3 Å². The molecule has 14 heavy (non-hydrogen) atoms. The highest BCUT2D eigenvalue weighted by Gasteiger charge is 2.12. The lowest BCUT2D eigenvalue weighted by molar-refractivity contribution is 0.0782. The lowest BCUT2D eigenvalue weighted by atomic mass is 10.1. The third-order valence-corrected chi connectivity index (χ3v) is 3.32. The van der Waals surface area contributed by atoms with E-state index < -0.39 is 0 Å². The molecule has 0 spiro atoms. The van der Waals surface area contributed by atoms with Crippen LogP contribution in [0.25, 0.3) is 0 Å². The van der Waals surface area contributed by atoms with Gasteiger partial charge in [0.25, 0.3) is 0 Å². The Kier molecular flexibility index (Phi) is 3.91. The fourth-order valence-corrected chi connectivity index (χ4v) is 2.28. The Balaban J connectivity index is 1.62. The van der Waals surface area contributed by atoms with Crippen molar-refractivity contribution in [3.63, 3.8) is 0 Å². The van der Waals surface area contributed by atoms with E-state index >= 15 is 0 Å². The molecule has 1 saturated heterocycles. The van der Waals surface area contributed by atoms with Crippen molar-refractivity contribution in [3.8, 4) is 0 Å². The summed E-state index contributed by atoms with van der Waals surface area (Å²) in [4.78, 5) is 4.25. The minimum absolute atomic E-state index is 0.656. The second kappa shape index (κ2) is 5.44. The van der Waals surface area contributed by atoms with Gasteiger partial charge in [-0.2, -0.15) is 0 Å². The molecule has 1 aromatic rings. The van der Waals surface area contributed by atoms with Crippen LogP contribution >= 0.6 is 11.3 Å². The zero-order valence-corrected chi connectivity index (χ0v) is 9.05. The molecule has 78 valence electrons. The lowest BCUT2D eigenvalue weighted by Crippen LogP contribution is -2.35. The first-order chi connectivity index (χ1) is 6.95. The van der Waals surface area contributed by atoms with Gasteiger partial charge in [-0.25, -0.2) is 4.98 Å². The van der Waals surface area contributed by atoms with Crippen LogP contribution in [0.5, 0.6) is 0 Å². The van der Waals surface area contributed by atoms with Crippen molar-refractivity contribution >= 4 is 11.3 Å². The maximum Gasteiger partial charge on any atom is 0.0937 e. The van der Waals surface area contributed by atoms with Crippen molar-refractivity contribution in [3.05, 3.63) is 16.6 Å². The molecule has 0 radical (unpaired) electrons. The molecule has 2 rings (SSSR count). The fourth-order valence-electron chi connectivity index (χ4n) is 1.66. The van der Waals surface area contributed by atoms with Gasteiger partial charge in [-0.05, 0) is 12.8 Å². The van der Waals surface area contributed by atoms with E-state index in [-0.39, 0.29) is 0 Å². The molecule has 4 heteroatoms. The number of nitrogens with zero attached hydrogens (tertiary/aromatic N) is 1. The van der Waals surface area contributed by atoms with Gasteiger partial charge in [-0.1, -0.05) is 0 Å². The molecule has 1 fully saturated rings. The van der Waals surface area contributed by atoms with Gasteiger partial charge in [0.2, 0.25) is 0 Å². The summed E-state index contributed by atoms with van der Waals surface area (Å²) in [6.45, 7) is 2.86. The number of nitrogens with one attached hydrogen (secondary N) is 1. The summed E-state index contributed by atoms with van der Waals surface area (Å²) in [7, 11) is 0. The quantitative estimate of drug-likeness (QED) is 0.820. The zero-order valence-electron chi connectivity index (χ0n) is 8.24. The van der Waals surface area contributed by atoms with E-state index in [1.165, 1.54) is 5.01 Å². The van der Waals surface area contributed by atoms with Gasteiger partial charge in [0.05, 0.1) is 5.01 Å². The molecule has 0 amide bonds. The van der Waals surface area contributed by atoms with Crippen LogP contribution < -0.4 is 5.32 Å². The molecule has 0 bridgehead atoms. The minimum atomic E-state index is 0.656. The molecule has 0 atom stereocenters. The summed E-state index contributed by atoms with van der Waals surface area (Å²) >= 11 is 1.73. The smallest absolute Gasteiger partial charge is 0.0937 e. The molecule has 3 nitrogen and oxygen atoms in total. The third kappa shape index (κ3) is 3.04. The Morgan fingerprint density at radius 3 is 3.07 bits per heavy atom. The summed E-state index contributed by atoms with van der Waals surface area (Å²) < 4.78 is 5.30. The number of aromatic nitrogens is 1. The summed E-state index contributed by atoms with van der Waals surface area (Å²) in [5, 5.41) is 6.80. The Hall–Kier alpha value is -0.450. The monoisotopic (exact) mass is 212 g/mol. The van der Waals surface area contributed by atoms with Gasteiger partial charge >= 0.3 is 0 Å². The summed E-state index contributed by atoms with van der Waals surface area (Å²) in [5.74, 6) is 0. The van der Waals surface area contributed by atoms with Gasteiger partial charge in [-0.3, -0.25) is 0 Å². The first-order valence-corrected chi connectivity index (χ1v) is 6.02. The second-order valence-corrected chi connectivity index (χ2v) is 4.50. The van der Waals surface area contributed by atoms with Crippen LogP contribution in [0, 0.1) is 0 Å². The van der Waals surface area contributed by atoms with Crippen LogP contribution in [0.1, 0.15) is 17.8 Å². The minimum Gasteiger partial charge on any atom is -0.381 e. The highest BCUT2D eigenvalue weighted by Crippen LogP contribution is 2.07. The van der Waals surface area contributed by atoms with Crippen LogP contribution in [0.4, 0.5) is 0 Å². The summed E-state index contributed by atoms with van der Waals surface area (Å²) in [6, 6.07) is 0.656. The van der Waals surface area contributed by atoms with Crippen molar-refractivity contribution in [1.29, 1.82) is 0 Å². The van der Waals surface area contributed by atoms with Crippen molar-refractivity contribution < 1.29 is 4.74 Å². The molecule has 1 aliphatic rings. The third-order valence-electron chi connectivity index (χ3n) is 2.48. The lowest BCUT2D eigenvalue weighted by Gasteiger charge is -2.22. The molecular weight excluding hydrogens is 196 g/mol. The molecule has 1 aromatic heterocycles. The van der Waals surface area contributed by atoms with Gasteiger partial charge in [-0.15, -0.1) is 11.3 Å². The summed E-state index contributed by atoms with van der Waals surface area (Å²) in [5.41, 5.74) is 0. The average molecular weight is 212 g/mol. The number of thiazole rings is 1. The topological polar surface area (TPSA) is 34.1 Å². The van der Waals surface area contributed by atoms with Crippen molar-refractivity contribution in [2.75, 3.05) is 19.8 Å². The van der Waals surface area contributed by atoms with Crippen LogP contribution in [0.3, 0.4) is 0 Å². The van der Waals surface area contributed by atoms with E-state index in [2.05, 4.69) is 10.3 Å². The highest BCUT2D eigenvalue weighted by molar-refractivity contribution is 7.09. The van der Waals surface area contributed by atoms with Crippen molar-refractivity contribution in [2.24, 2.45) is 0 Å². The van der Waals surface area contributed by atoms with E-state index in [1.54, 1.807) is 11.3 Å². The molecule has 0 aromatic carbocycles. The first kappa shape index (κ1) is 10.1. The maximum absolute atomic E-state index is 5.30. The Morgan fingerprint density at radius 2 is 2.36 bits per heavy atom. The molecular formula is C10H16N2OS. The molecule has 1 N–H and O–H groups in total. The van der Waals surface area contributed by atoms with E-state index in [4.69, 9.17) is 4.74 Å². The Morgan fingerprint density at radius 1 is 1.50 bits per heavy atom. The zero-order chi connectivity index (χ0) is 9.64. The first-order valence-electron chi connectivity index (χ1n) is 5.14. The molecule has 1 aliphatic heterocycles. The Bertz CT molecular complexity index is 245. The van der Waals surface area contributed by atoms with Gasteiger partial charge < -0.3 is 10.1 Å². The highest BCUT2D eigenvalue weighted by atomic mass is 32.1. The van der Waals surface area contributed by atoms with Gasteiger partial charge in [0, 0.05) is 43.8 Å².